The van der Waals surface area contributed by atoms with E-state index in [9.17, 15) is 0 Å². The molecule has 90 valence electrons. The van der Waals surface area contributed by atoms with Crippen molar-refractivity contribution in [3.63, 3.8) is 0 Å². The molecule has 0 bridgehead atoms. The SMILES string of the molecule is N#C[S-].N#C[S-].NCCN.NCCN.[Co+3]. The molecule has 0 saturated carbocycles. The molecular weight excluding hydrogens is 279 g/mol. The molecule has 0 aromatic carbocycles. The molecule has 0 unspecified atom stereocenters. The molecule has 0 spiro atoms. The van der Waals surface area contributed by atoms with Crippen LogP contribution in [-0.4, -0.2) is 26.2 Å². The van der Waals surface area contributed by atoms with E-state index in [0.717, 1.165) is 0 Å². The second-order valence-electron chi connectivity index (χ2n) is 1.34. The van der Waals surface area contributed by atoms with Gasteiger partial charge in [0.2, 0.25) is 0 Å². The van der Waals surface area contributed by atoms with Gasteiger partial charge >= 0.3 is 16.8 Å². The van der Waals surface area contributed by atoms with E-state index < -0.39 is 0 Å². The molecule has 0 heterocycles. The van der Waals surface area contributed by atoms with Crippen LogP contribution in [0.3, 0.4) is 0 Å². The summed E-state index contributed by atoms with van der Waals surface area (Å²) in [7, 11) is 0. The number of nitrogens with zero attached hydrogens (tertiary/aromatic N) is 2. The summed E-state index contributed by atoms with van der Waals surface area (Å²) in [4.78, 5) is 0. The van der Waals surface area contributed by atoms with Crippen LogP contribution in [0.2, 0.25) is 0 Å². The quantitative estimate of drug-likeness (QED) is 0.332. The number of thiocyanates is 2. The first-order chi connectivity index (χ1) is 6.66. The zero-order valence-electron chi connectivity index (χ0n) is 8.18. The van der Waals surface area contributed by atoms with Crippen molar-refractivity contribution in [3.8, 4) is 10.8 Å². The average Bonchev–Trinajstić information content (AvgIpc) is 2.20. The molecule has 8 N–H and O–H groups in total. The second-order valence-corrected chi connectivity index (χ2v) is 1.70. The Morgan fingerprint density at radius 3 is 0.800 bits per heavy atom. The van der Waals surface area contributed by atoms with Crippen molar-refractivity contribution in [2.45, 2.75) is 0 Å². The monoisotopic (exact) mass is 295 g/mol. The Morgan fingerprint density at radius 2 is 0.800 bits per heavy atom. The van der Waals surface area contributed by atoms with Gasteiger partial charge in [-0.2, -0.15) is 0 Å². The number of rotatable bonds is 2. The minimum Gasteiger partial charge on any atom is -0.696 e. The maximum atomic E-state index is 7.13. The number of nitriles is 2. The zero-order valence-corrected chi connectivity index (χ0v) is 10.9. The van der Waals surface area contributed by atoms with Gasteiger partial charge in [-0.15, -0.1) is 0 Å². The van der Waals surface area contributed by atoms with Gasteiger partial charge in [0.25, 0.3) is 0 Å². The molecule has 0 amide bonds. The van der Waals surface area contributed by atoms with E-state index in [1.54, 1.807) is 0 Å². The summed E-state index contributed by atoms with van der Waals surface area (Å²) >= 11 is 7.40. The summed E-state index contributed by atoms with van der Waals surface area (Å²) in [6.07, 6.45) is 0. The first-order valence-electron chi connectivity index (χ1n) is 3.49. The standard InChI is InChI=1S/2C2H8N2.2CHNS.Co/c2*3-1-2-4;2*2-1-3;/h2*1-4H2;2*3H;/q;;;;+3/p-2. The third-order valence-corrected chi connectivity index (χ3v) is 0.333. The van der Waals surface area contributed by atoms with Crippen LogP contribution in [0.1, 0.15) is 0 Å². The summed E-state index contributed by atoms with van der Waals surface area (Å²) in [6.45, 7) is 2.39. The van der Waals surface area contributed by atoms with Crippen molar-refractivity contribution in [1.82, 2.24) is 0 Å². The summed E-state index contributed by atoms with van der Waals surface area (Å²) in [6, 6.07) is 0. The average molecular weight is 295 g/mol. The van der Waals surface area contributed by atoms with Gasteiger partial charge in [-0.3, -0.25) is 0 Å². The molecule has 0 atom stereocenters. The summed E-state index contributed by atoms with van der Waals surface area (Å²) in [5, 5.41) is 16.9. The van der Waals surface area contributed by atoms with Crippen molar-refractivity contribution < 1.29 is 16.8 Å². The first-order valence-corrected chi connectivity index (χ1v) is 4.30. The Balaban J connectivity index is -0.0000000293. The van der Waals surface area contributed by atoms with Gasteiger partial charge in [0.05, 0.1) is 0 Å². The van der Waals surface area contributed by atoms with Crippen LogP contribution in [0.25, 0.3) is 0 Å². The van der Waals surface area contributed by atoms with Crippen molar-refractivity contribution in [1.29, 1.82) is 10.5 Å². The van der Waals surface area contributed by atoms with E-state index in [4.69, 9.17) is 33.5 Å². The fourth-order valence-corrected chi connectivity index (χ4v) is 0. The fraction of sp³-hybridized carbons (Fsp3) is 0.667. The molecule has 0 aromatic rings. The first kappa shape index (κ1) is 29.3. The van der Waals surface area contributed by atoms with Gasteiger partial charge in [-0.25, -0.2) is 10.5 Å². The zero-order chi connectivity index (χ0) is 12.2. The van der Waals surface area contributed by atoms with Crippen molar-refractivity contribution in [2.24, 2.45) is 22.9 Å². The fourth-order valence-electron chi connectivity index (χ4n) is 0. The van der Waals surface area contributed by atoms with Crippen molar-refractivity contribution in [2.75, 3.05) is 26.2 Å². The van der Waals surface area contributed by atoms with Gasteiger partial charge in [0.15, 0.2) is 0 Å². The molecule has 6 nitrogen and oxygen atoms in total. The number of hydrogen-bond acceptors (Lipinski definition) is 8. The van der Waals surface area contributed by atoms with Crippen molar-refractivity contribution >= 4 is 25.3 Å². The molecule has 0 rings (SSSR count). The van der Waals surface area contributed by atoms with Gasteiger partial charge in [0, 0.05) is 26.2 Å². The Hall–Kier alpha value is -0.234. The number of nitrogens with two attached hydrogens (primary N) is 4. The number of hydrogen-bond donors (Lipinski definition) is 4. The third-order valence-electron chi connectivity index (χ3n) is 0.333. The summed E-state index contributed by atoms with van der Waals surface area (Å²) in [5.74, 6) is 0. The Kier molecular flexibility index (Phi) is 132. The maximum Gasteiger partial charge on any atom is 3.00 e. The summed E-state index contributed by atoms with van der Waals surface area (Å²) in [5.41, 5.74) is 19.6. The van der Waals surface area contributed by atoms with Crippen LogP contribution in [0.15, 0.2) is 0 Å². The Bertz CT molecular complexity index is 115. The van der Waals surface area contributed by atoms with Crippen LogP contribution < -0.4 is 22.9 Å². The molecule has 0 saturated heterocycles. The van der Waals surface area contributed by atoms with Crippen molar-refractivity contribution in [3.05, 3.63) is 0 Å². The predicted molar refractivity (Wildman–Crippen MR) is 62.2 cm³/mol. The topological polar surface area (TPSA) is 152 Å². The van der Waals surface area contributed by atoms with Gasteiger partial charge < -0.3 is 48.2 Å². The van der Waals surface area contributed by atoms with Gasteiger partial charge in [-0.05, 0) is 0 Å². The smallest absolute Gasteiger partial charge is 0.696 e. The Labute approximate surface area is 112 Å². The maximum absolute atomic E-state index is 7.13. The van der Waals surface area contributed by atoms with E-state index in [1.165, 1.54) is 10.8 Å². The molecule has 9 heteroatoms. The molecule has 0 aliphatic heterocycles. The molecular formula is C6H16CoN6S2+. The van der Waals surface area contributed by atoms with E-state index in [-0.39, 0.29) is 16.8 Å². The van der Waals surface area contributed by atoms with E-state index in [1.807, 2.05) is 0 Å². The largest absolute Gasteiger partial charge is 3.00 e. The van der Waals surface area contributed by atoms with Crippen LogP contribution in [0, 0.1) is 21.3 Å². The van der Waals surface area contributed by atoms with Crippen LogP contribution in [0.4, 0.5) is 0 Å². The normalized spacial score (nSPS) is 4.93. The molecule has 0 aromatic heterocycles. The Morgan fingerprint density at radius 1 is 0.733 bits per heavy atom. The minimum atomic E-state index is 0. The van der Waals surface area contributed by atoms with E-state index >= 15 is 0 Å². The molecule has 0 aliphatic rings. The molecule has 0 radical (unpaired) electrons. The molecule has 0 aliphatic carbocycles. The van der Waals surface area contributed by atoms with E-state index in [0.29, 0.717) is 26.2 Å². The predicted octanol–water partition coefficient (Wildman–Crippen LogP) is -2.17. The molecule has 0 fully saturated rings. The second kappa shape index (κ2) is 67.5. The van der Waals surface area contributed by atoms with Gasteiger partial charge in [0.1, 0.15) is 0 Å². The third kappa shape index (κ3) is 611. The minimum absolute atomic E-state index is 0. The molecule has 15 heavy (non-hydrogen) atoms. The summed E-state index contributed by atoms with van der Waals surface area (Å²) < 4.78 is 0. The van der Waals surface area contributed by atoms with Gasteiger partial charge in [-0.1, -0.05) is 10.8 Å². The van der Waals surface area contributed by atoms with E-state index in [2.05, 4.69) is 25.3 Å². The van der Waals surface area contributed by atoms with Crippen LogP contribution >= 0.6 is 0 Å². The van der Waals surface area contributed by atoms with Crippen LogP contribution in [-0.2, 0) is 42.0 Å². The van der Waals surface area contributed by atoms with Crippen LogP contribution in [0.5, 0.6) is 0 Å².